The van der Waals surface area contributed by atoms with E-state index in [0.29, 0.717) is 22.9 Å². The van der Waals surface area contributed by atoms with Crippen LogP contribution in [0.25, 0.3) is 16.1 Å². The van der Waals surface area contributed by atoms with Crippen molar-refractivity contribution in [2.75, 3.05) is 19.5 Å². The van der Waals surface area contributed by atoms with E-state index in [9.17, 15) is 4.79 Å². The Kier molecular flexibility index (Phi) is 4.99. The lowest BCUT2D eigenvalue weighted by molar-refractivity contribution is 0.0527. The first-order chi connectivity index (χ1) is 12.5. The number of anilines is 1. The van der Waals surface area contributed by atoms with E-state index in [-0.39, 0.29) is 5.97 Å². The zero-order valence-corrected chi connectivity index (χ0v) is 16.0. The summed E-state index contributed by atoms with van der Waals surface area (Å²) < 4.78 is 12.6. The highest BCUT2D eigenvalue weighted by molar-refractivity contribution is 7.19. The van der Waals surface area contributed by atoms with Crippen molar-refractivity contribution >= 4 is 22.3 Å². The average Bonchev–Trinajstić information content (AvgIpc) is 3.17. The molecule has 0 radical (unpaired) electrons. The minimum atomic E-state index is -0.387. The molecule has 0 aliphatic carbocycles. The van der Waals surface area contributed by atoms with Crippen LogP contribution in [-0.2, 0) is 4.74 Å². The Hall–Kier alpha value is -2.80. The number of hydrogen-bond donors (Lipinski definition) is 1. The van der Waals surface area contributed by atoms with Gasteiger partial charge in [0.2, 0.25) is 0 Å². The van der Waals surface area contributed by atoms with Crippen LogP contribution in [0.15, 0.2) is 30.7 Å². The van der Waals surface area contributed by atoms with Gasteiger partial charge in [0.25, 0.3) is 0 Å². The number of nitrogens with zero attached hydrogens (tertiary/aromatic N) is 2. The van der Waals surface area contributed by atoms with Gasteiger partial charge in [-0.15, -0.1) is 11.3 Å². The smallest absolute Gasteiger partial charge is 0.341 e. The van der Waals surface area contributed by atoms with Crippen LogP contribution in [0, 0.1) is 13.8 Å². The SMILES string of the molecule is CCOC(=O)c1c(N)sc(-c2ccc(-n3cnc(C)c3)c(OC)c2)c1C. The molecule has 136 valence electrons. The Bertz CT molecular complexity index is 959. The first kappa shape index (κ1) is 18.0. The lowest BCUT2D eigenvalue weighted by atomic mass is 10.1. The summed E-state index contributed by atoms with van der Waals surface area (Å²) in [6, 6.07) is 5.90. The van der Waals surface area contributed by atoms with Crippen molar-refractivity contribution < 1.29 is 14.3 Å². The predicted octanol–water partition coefficient (Wildman–Crippen LogP) is 3.99. The highest BCUT2D eigenvalue weighted by atomic mass is 32.1. The second kappa shape index (κ2) is 7.21. The molecule has 1 aromatic carbocycles. The topological polar surface area (TPSA) is 79.4 Å². The lowest BCUT2D eigenvalue weighted by Gasteiger charge is -2.11. The minimum Gasteiger partial charge on any atom is -0.495 e. The molecular formula is C19H21N3O3S. The van der Waals surface area contributed by atoms with E-state index in [0.717, 1.165) is 27.4 Å². The van der Waals surface area contributed by atoms with Crippen molar-refractivity contribution in [3.63, 3.8) is 0 Å². The van der Waals surface area contributed by atoms with Gasteiger partial charge < -0.3 is 19.8 Å². The Morgan fingerprint density at radius 1 is 1.35 bits per heavy atom. The van der Waals surface area contributed by atoms with E-state index in [1.807, 2.05) is 42.8 Å². The summed E-state index contributed by atoms with van der Waals surface area (Å²) >= 11 is 1.38. The molecule has 0 aliphatic rings. The van der Waals surface area contributed by atoms with Crippen LogP contribution in [0.5, 0.6) is 5.75 Å². The van der Waals surface area contributed by atoms with Crippen LogP contribution in [0.4, 0.5) is 5.00 Å². The maximum atomic E-state index is 12.2. The second-order valence-electron chi connectivity index (χ2n) is 5.82. The van der Waals surface area contributed by atoms with Gasteiger partial charge in [0.15, 0.2) is 0 Å². The molecule has 0 aliphatic heterocycles. The maximum absolute atomic E-state index is 12.2. The summed E-state index contributed by atoms with van der Waals surface area (Å²) in [7, 11) is 1.63. The van der Waals surface area contributed by atoms with E-state index < -0.39 is 0 Å². The summed E-state index contributed by atoms with van der Waals surface area (Å²) in [4.78, 5) is 17.3. The molecule has 2 aromatic heterocycles. The highest BCUT2D eigenvalue weighted by Gasteiger charge is 2.22. The van der Waals surface area contributed by atoms with E-state index in [2.05, 4.69) is 4.98 Å². The van der Waals surface area contributed by atoms with Crippen LogP contribution in [0.2, 0.25) is 0 Å². The number of carbonyl (C=O) groups is 1. The Morgan fingerprint density at radius 3 is 2.73 bits per heavy atom. The van der Waals surface area contributed by atoms with Gasteiger partial charge in [0.05, 0.1) is 37.0 Å². The predicted molar refractivity (Wildman–Crippen MR) is 103 cm³/mol. The molecule has 0 spiro atoms. The summed E-state index contributed by atoms with van der Waals surface area (Å²) in [5, 5.41) is 0.462. The molecule has 0 unspecified atom stereocenters. The van der Waals surface area contributed by atoms with Gasteiger partial charge >= 0.3 is 5.97 Å². The van der Waals surface area contributed by atoms with Crippen molar-refractivity contribution in [1.82, 2.24) is 9.55 Å². The van der Waals surface area contributed by atoms with Gasteiger partial charge in [-0.2, -0.15) is 0 Å². The molecule has 26 heavy (non-hydrogen) atoms. The summed E-state index contributed by atoms with van der Waals surface area (Å²) in [6.07, 6.45) is 3.69. The van der Waals surface area contributed by atoms with E-state index in [1.54, 1.807) is 20.4 Å². The minimum absolute atomic E-state index is 0.315. The monoisotopic (exact) mass is 371 g/mol. The van der Waals surface area contributed by atoms with Crippen LogP contribution < -0.4 is 10.5 Å². The zero-order valence-electron chi connectivity index (χ0n) is 15.2. The van der Waals surface area contributed by atoms with Gasteiger partial charge in [0.1, 0.15) is 10.8 Å². The van der Waals surface area contributed by atoms with Crippen molar-refractivity contribution in [1.29, 1.82) is 0 Å². The fourth-order valence-corrected chi connectivity index (χ4v) is 3.91. The van der Waals surface area contributed by atoms with E-state index >= 15 is 0 Å². The lowest BCUT2D eigenvalue weighted by Crippen LogP contribution is -2.07. The molecular weight excluding hydrogens is 350 g/mol. The third-order valence-electron chi connectivity index (χ3n) is 4.09. The molecule has 0 saturated carbocycles. The fraction of sp³-hybridized carbons (Fsp3) is 0.263. The number of nitrogen functional groups attached to an aromatic ring is 1. The molecule has 0 fully saturated rings. The number of benzene rings is 1. The second-order valence-corrected chi connectivity index (χ2v) is 6.88. The van der Waals surface area contributed by atoms with Crippen LogP contribution >= 0.6 is 11.3 Å². The van der Waals surface area contributed by atoms with E-state index in [4.69, 9.17) is 15.2 Å². The molecule has 7 heteroatoms. The quantitative estimate of drug-likeness (QED) is 0.686. The van der Waals surface area contributed by atoms with Gasteiger partial charge in [0, 0.05) is 11.1 Å². The summed E-state index contributed by atoms with van der Waals surface area (Å²) in [5.74, 6) is 0.325. The number of aryl methyl sites for hydroxylation is 1. The van der Waals surface area contributed by atoms with Crippen molar-refractivity contribution in [3.05, 3.63) is 47.5 Å². The number of nitrogens with two attached hydrogens (primary N) is 1. The largest absolute Gasteiger partial charge is 0.495 e. The molecule has 0 atom stereocenters. The summed E-state index contributed by atoms with van der Waals surface area (Å²) in [5.41, 5.74) is 10.1. The van der Waals surface area contributed by atoms with Crippen LogP contribution in [0.1, 0.15) is 28.5 Å². The Labute approximate surface area is 156 Å². The number of hydrogen-bond acceptors (Lipinski definition) is 6. The normalized spacial score (nSPS) is 10.8. The number of ether oxygens (including phenoxy) is 2. The number of thiophene rings is 1. The number of esters is 1. The van der Waals surface area contributed by atoms with Crippen molar-refractivity contribution in [2.45, 2.75) is 20.8 Å². The highest BCUT2D eigenvalue weighted by Crippen LogP contribution is 2.40. The molecule has 6 nitrogen and oxygen atoms in total. The third kappa shape index (κ3) is 3.17. The third-order valence-corrected chi connectivity index (χ3v) is 5.26. The van der Waals surface area contributed by atoms with Crippen LogP contribution in [-0.4, -0.2) is 29.2 Å². The zero-order chi connectivity index (χ0) is 18.8. The number of methoxy groups -OCH3 is 1. The molecule has 0 amide bonds. The molecule has 2 heterocycles. The fourth-order valence-electron chi connectivity index (χ4n) is 2.85. The number of carbonyl (C=O) groups excluding carboxylic acids is 1. The Morgan fingerprint density at radius 2 is 2.12 bits per heavy atom. The number of imidazole rings is 1. The van der Waals surface area contributed by atoms with Gasteiger partial charge in [-0.25, -0.2) is 9.78 Å². The first-order valence-corrected chi connectivity index (χ1v) is 9.03. The maximum Gasteiger partial charge on any atom is 0.341 e. The standard InChI is InChI=1S/C19H21N3O3S/c1-5-25-19(23)16-12(3)17(26-18(16)20)13-6-7-14(15(8-13)24-4)22-9-11(2)21-10-22/h6-10H,5,20H2,1-4H3. The number of rotatable bonds is 5. The Balaban J connectivity index is 2.06. The first-order valence-electron chi connectivity index (χ1n) is 8.21. The van der Waals surface area contributed by atoms with E-state index in [1.165, 1.54) is 11.3 Å². The van der Waals surface area contributed by atoms with Crippen molar-refractivity contribution in [3.8, 4) is 21.9 Å². The molecule has 0 saturated heterocycles. The molecule has 2 N–H and O–H groups in total. The molecule has 3 aromatic rings. The molecule has 0 bridgehead atoms. The van der Waals surface area contributed by atoms with Gasteiger partial charge in [-0.3, -0.25) is 0 Å². The van der Waals surface area contributed by atoms with Crippen LogP contribution in [0.3, 0.4) is 0 Å². The summed E-state index contributed by atoms with van der Waals surface area (Å²) in [6.45, 7) is 5.91. The average molecular weight is 371 g/mol. The van der Waals surface area contributed by atoms with Gasteiger partial charge in [-0.05, 0) is 44.0 Å². The molecule has 3 rings (SSSR count). The van der Waals surface area contributed by atoms with Gasteiger partial charge in [-0.1, -0.05) is 6.07 Å². The number of aromatic nitrogens is 2. The van der Waals surface area contributed by atoms with Crippen molar-refractivity contribution in [2.24, 2.45) is 0 Å².